The van der Waals surface area contributed by atoms with Gasteiger partial charge in [-0.1, -0.05) is 0 Å². The summed E-state index contributed by atoms with van der Waals surface area (Å²) < 4.78 is 42.9. The fourth-order valence-corrected chi connectivity index (χ4v) is 4.04. The number of pyridine rings is 1. The van der Waals surface area contributed by atoms with Gasteiger partial charge in [0.2, 0.25) is 0 Å². The quantitative estimate of drug-likeness (QED) is 0.606. The van der Waals surface area contributed by atoms with E-state index in [0.717, 1.165) is 16.8 Å². The molecule has 0 radical (unpaired) electrons. The normalized spacial score (nSPS) is 17.2. The molecule has 1 unspecified atom stereocenters. The molecule has 162 valence electrons. The van der Waals surface area contributed by atoms with Crippen molar-refractivity contribution in [2.45, 2.75) is 24.9 Å². The molecule has 1 aliphatic heterocycles. The van der Waals surface area contributed by atoms with Crippen LogP contribution in [-0.2, 0) is 20.3 Å². The van der Waals surface area contributed by atoms with Gasteiger partial charge in [-0.25, -0.2) is 4.79 Å². The Hall–Kier alpha value is -3.62. The summed E-state index contributed by atoms with van der Waals surface area (Å²) in [6, 6.07) is 4.10. The van der Waals surface area contributed by atoms with E-state index in [2.05, 4.69) is 10.2 Å². The van der Waals surface area contributed by atoms with E-state index < -0.39 is 23.0 Å². The molecule has 0 saturated carbocycles. The van der Waals surface area contributed by atoms with Crippen LogP contribution < -0.4 is 16.1 Å². The summed E-state index contributed by atoms with van der Waals surface area (Å²) >= 11 is 0. The number of nitriles is 1. The lowest BCUT2D eigenvalue weighted by atomic mass is 9.96. The number of aromatic nitrogens is 5. The molecule has 3 aromatic heterocycles. The van der Waals surface area contributed by atoms with E-state index in [9.17, 15) is 28.0 Å². The Morgan fingerprint density at radius 3 is 2.58 bits per heavy atom. The molecule has 0 amide bonds. The smallest absolute Gasteiger partial charge is 0.356 e. The van der Waals surface area contributed by atoms with E-state index in [1.165, 1.54) is 29.1 Å². The Morgan fingerprint density at radius 1 is 1.16 bits per heavy atom. The zero-order valence-corrected chi connectivity index (χ0v) is 16.7. The highest BCUT2D eigenvalue weighted by atomic mass is 19.4. The Kier molecular flexibility index (Phi) is 4.83. The summed E-state index contributed by atoms with van der Waals surface area (Å²) in [5, 5.41) is 17.6. The molecule has 4 heterocycles. The Bertz CT molecular complexity index is 1330. The van der Waals surface area contributed by atoms with Crippen molar-refractivity contribution >= 4 is 11.5 Å². The minimum Gasteiger partial charge on any atom is -0.356 e. The van der Waals surface area contributed by atoms with Gasteiger partial charge in [-0.3, -0.25) is 18.3 Å². The minimum atomic E-state index is -4.50. The number of nitrogens with zero attached hydrogens (tertiary/aromatic N) is 7. The highest BCUT2D eigenvalue weighted by Gasteiger charge is 2.33. The molecule has 31 heavy (non-hydrogen) atoms. The maximum Gasteiger partial charge on any atom is 0.417 e. The van der Waals surface area contributed by atoms with Gasteiger partial charge >= 0.3 is 11.9 Å². The second kappa shape index (κ2) is 7.26. The van der Waals surface area contributed by atoms with Gasteiger partial charge in [-0.2, -0.15) is 18.4 Å². The fourth-order valence-electron chi connectivity index (χ4n) is 4.04. The number of hydrogen-bond donors (Lipinski definition) is 0. The molecule has 9 nitrogen and oxygen atoms in total. The van der Waals surface area contributed by atoms with Crippen LogP contribution in [-0.4, -0.2) is 36.8 Å². The first-order chi connectivity index (χ1) is 14.6. The first-order valence-electron chi connectivity index (χ1n) is 9.50. The summed E-state index contributed by atoms with van der Waals surface area (Å²) in [7, 11) is 2.78. The number of alkyl halides is 3. The SMILES string of the molecule is Cn1c(N2CCCC(c3nnc4ccc(C(F)(F)F)cn34)C2)c(C#N)c(=O)n(C)c1=O. The highest BCUT2D eigenvalue weighted by molar-refractivity contribution is 5.54. The molecule has 3 aromatic rings. The van der Waals surface area contributed by atoms with Crippen LogP contribution >= 0.6 is 0 Å². The van der Waals surface area contributed by atoms with Gasteiger partial charge < -0.3 is 4.90 Å². The molecule has 1 saturated heterocycles. The topological polar surface area (TPSA) is 101 Å². The molecule has 4 rings (SSSR count). The van der Waals surface area contributed by atoms with Crippen molar-refractivity contribution in [1.29, 1.82) is 5.26 Å². The lowest BCUT2D eigenvalue weighted by molar-refractivity contribution is -0.137. The first-order valence-corrected chi connectivity index (χ1v) is 9.50. The van der Waals surface area contributed by atoms with E-state index in [4.69, 9.17) is 0 Å². The van der Waals surface area contributed by atoms with Crippen LogP contribution in [0.1, 0.15) is 35.7 Å². The predicted octanol–water partition coefficient (Wildman–Crippen LogP) is 1.40. The highest BCUT2D eigenvalue weighted by Crippen LogP contribution is 2.32. The zero-order chi connectivity index (χ0) is 22.5. The van der Waals surface area contributed by atoms with E-state index in [1.807, 2.05) is 6.07 Å². The molecule has 12 heteroatoms. The average Bonchev–Trinajstić information content (AvgIpc) is 3.17. The first kappa shape index (κ1) is 20.6. The van der Waals surface area contributed by atoms with Crippen LogP contribution in [0.25, 0.3) is 5.65 Å². The number of hydrogen-bond acceptors (Lipinski definition) is 6. The van der Waals surface area contributed by atoms with Gasteiger partial charge in [0.15, 0.2) is 11.2 Å². The number of piperidine rings is 1. The van der Waals surface area contributed by atoms with E-state index in [0.29, 0.717) is 30.9 Å². The Morgan fingerprint density at radius 2 is 1.90 bits per heavy atom. The van der Waals surface area contributed by atoms with Crippen LogP contribution in [0.15, 0.2) is 27.9 Å². The summed E-state index contributed by atoms with van der Waals surface area (Å²) in [5.74, 6) is 0.251. The lowest BCUT2D eigenvalue weighted by Crippen LogP contribution is -2.45. The maximum absolute atomic E-state index is 13.2. The molecular formula is C19H18F3N7O2. The Balaban J connectivity index is 1.77. The summed E-state index contributed by atoms with van der Waals surface area (Å²) in [4.78, 5) is 26.6. The average molecular weight is 433 g/mol. The molecule has 1 aliphatic rings. The van der Waals surface area contributed by atoms with Gasteiger partial charge in [0.25, 0.3) is 5.56 Å². The molecule has 0 N–H and O–H groups in total. The van der Waals surface area contributed by atoms with E-state index in [1.54, 1.807) is 4.90 Å². The van der Waals surface area contributed by atoms with Crippen molar-refractivity contribution < 1.29 is 13.2 Å². The van der Waals surface area contributed by atoms with Crippen molar-refractivity contribution in [2.24, 2.45) is 14.1 Å². The molecule has 0 aliphatic carbocycles. The van der Waals surface area contributed by atoms with Crippen LogP contribution in [0.2, 0.25) is 0 Å². The second-order valence-electron chi connectivity index (χ2n) is 7.50. The van der Waals surface area contributed by atoms with Crippen LogP contribution in [0.5, 0.6) is 0 Å². The third kappa shape index (κ3) is 3.35. The zero-order valence-electron chi connectivity index (χ0n) is 16.7. The maximum atomic E-state index is 13.2. The van der Waals surface area contributed by atoms with Crippen molar-refractivity contribution in [3.63, 3.8) is 0 Å². The van der Waals surface area contributed by atoms with Gasteiger partial charge in [0, 0.05) is 39.3 Å². The molecule has 0 bridgehead atoms. The van der Waals surface area contributed by atoms with Gasteiger partial charge in [-0.15, -0.1) is 10.2 Å². The van der Waals surface area contributed by atoms with Gasteiger partial charge in [0.1, 0.15) is 17.7 Å². The van der Waals surface area contributed by atoms with Crippen LogP contribution in [0.3, 0.4) is 0 Å². The summed E-state index contributed by atoms with van der Waals surface area (Å²) in [6.07, 6.45) is -2.27. The Labute approximate surface area is 173 Å². The molecule has 1 atom stereocenters. The third-order valence-corrected chi connectivity index (χ3v) is 5.59. The number of halogens is 3. The lowest BCUT2D eigenvalue weighted by Gasteiger charge is -2.34. The van der Waals surface area contributed by atoms with Crippen LogP contribution in [0.4, 0.5) is 19.0 Å². The monoisotopic (exact) mass is 433 g/mol. The van der Waals surface area contributed by atoms with Crippen molar-refractivity contribution in [3.05, 3.63) is 56.1 Å². The van der Waals surface area contributed by atoms with Crippen molar-refractivity contribution in [2.75, 3.05) is 18.0 Å². The number of fused-ring (bicyclic) bond motifs is 1. The predicted molar refractivity (Wildman–Crippen MR) is 104 cm³/mol. The van der Waals surface area contributed by atoms with E-state index >= 15 is 0 Å². The number of anilines is 1. The fraction of sp³-hybridized carbons (Fsp3) is 0.421. The third-order valence-electron chi connectivity index (χ3n) is 5.59. The summed E-state index contributed by atoms with van der Waals surface area (Å²) in [6.45, 7) is 0.752. The van der Waals surface area contributed by atoms with Crippen LogP contribution in [0, 0.1) is 11.3 Å². The van der Waals surface area contributed by atoms with E-state index in [-0.39, 0.29) is 23.8 Å². The minimum absolute atomic E-state index is 0.157. The van der Waals surface area contributed by atoms with Crippen molar-refractivity contribution in [3.8, 4) is 6.07 Å². The molecule has 0 spiro atoms. The van der Waals surface area contributed by atoms with Gasteiger partial charge in [0.05, 0.1) is 5.56 Å². The summed E-state index contributed by atoms with van der Waals surface area (Å²) in [5.41, 5.74) is -1.93. The molecule has 0 aromatic carbocycles. The second-order valence-corrected chi connectivity index (χ2v) is 7.50. The van der Waals surface area contributed by atoms with Crippen molar-refractivity contribution in [1.82, 2.24) is 23.7 Å². The largest absolute Gasteiger partial charge is 0.417 e. The molecular weight excluding hydrogens is 415 g/mol. The molecule has 1 fully saturated rings. The van der Waals surface area contributed by atoms with Gasteiger partial charge in [-0.05, 0) is 25.0 Å². The standard InChI is InChI=1S/C19H18F3N7O2/c1-26-16(13(8-23)17(30)27(2)18(26)31)28-7-3-4-11(9-28)15-25-24-14-6-5-12(10-29(14)15)19(20,21)22/h5-6,10-11H,3-4,7,9H2,1-2H3. The number of rotatable bonds is 2.